The highest BCUT2D eigenvalue weighted by Crippen LogP contribution is 2.32. The Morgan fingerprint density at radius 3 is 2.25 bits per heavy atom. The van der Waals surface area contributed by atoms with Gasteiger partial charge in [0.25, 0.3) is 20.0 Å². The number of aryl methyl sites for hydroxylation is 1. The van der Waals surface area contributed by atoms with Gasteiger partial charge in [-0.25, -0.2) is 12.8 Å². The summed E-state index contributed by atoms with van der Waals surface area (Å²) in [5.74, 6) is -0.758. The van der Waals surface area contributed by atoms with Gasteiger partial charge in [0, 0.05) is 16.7 Å². The van der Waals surface area contributed by atoms with Crippen LogP contribution in [0, 0.1) is 12.7 Å². The van der Waals surface area contributed by atoms with Crippen LogP contribution >= 0.6 is 11.6 Å². The molecular weight excluding hydrogens is 479 g/mol. The number of hydrogen-bond donors (Lipinski definition) is 2. The van der Waals surface area contributed by atoms with Gasteiger partial charge in [-0.2, -0.15) is 8.42 Å². The molecule has 2 aromatic carbocycles. The van der Waals surface area contributed by atoms with Crippen molar-refractivity contribution in [3.05, 3.63) is 83.3 Å². The van der Waals surface area contributed by atoms with Crippen molar-refractivity contribution in [3.8, 4) is 0 Å². The number of halogens is 2. The van der Waals surface area contributed by atoms with Crippen molar-refractivity contribution >= 4 is 55.2 Å². The third kappa shape index (κ3) is 4.87. The lowest BCUT2D eigenvalue weighted by molar-refractivity contribution is 0.445. The molecule has 0 spiro atoms. The van der Waals surface area contributed by atoms with Crippen LogP contribution in [0.1, 0.15) is 16.9 Å². The lowest BCUT2D eigenvalue weighted by Gasteiger charge is -2.15. The molecule has 3 rings (SSSR count). The first-order valence-corrected chi connectivity index (χ1v) is 12.3. The van der Waals surface area contributed by atoms with Crippen LogP contribution in [0.2, 0.25) is 5.02 Å². The Labute approximate surface area is 190 Å². The van der Waals surface area contributed by atoms with E-state index in [1.54, 1.807) is 6.92 Å². The second-order valence-electron chi connectivity index (χ2n) is 6.63. The van der Waals surface area contributed by atoms with Gasteiger partial charge in [0.15, 0.2) is 0 Å². The van der Waals surface area contributed by atoms with Gasteiger partial charge in [-0.3, -0.25) is 9.44 Å². The minimum atomic E-state index is -4.39. The summed E-state index contributed by atoms with van der Waals surface area (Å²) in [7, 11) is -8.67. The zero-order chi connectivity index (χ0) is 23.7. The molecule has 0 radical (unpaired) electrons. The van der Waals surface area contributed by atoms with Gasteiger partial charge in [-0.05, 0) is 48.9 Å². The Kier molecular flexibility index (Phi) is 6.49. The minimum Gasteiger partial charge on any atom is -0.443 e. The first-order valence-electron chi connectivity index (χ1n) is 8.97. The molecule has 3 aromatic rings. The topological polar surface area (TPSA) is 105 Å². The van der Waals surface area contributed by atoms with Crippen LogP contribution in [0.3, 0.4) is 0 Å². The minimum absolute atomic E-state index is 0.130. The molecule has 0 aliphatic heterocycles. The normalized spacial score (nSPS) is 11.7. The van der Waals surface area contributed by atoms with Crippen LogP contribution in [0.15, 0.2) is 70.0 Å². The number of nitrogens with one attached hydrogen (secondary N) is 2. The summed E-state index contributed by atoms with van der Waals surface area (Å²) in [6.45, 7) is 8.73. The molecule has 1 heterocycles. The zero-order valence-electron chi connectivity index (χ0n) is 16.7. The summed E-state index contributed by atoms with van der Waals surface area (Å²) < 4.78 is 75.1. The molecule has 0 amide bonds. The van der Waals surface area contributed by atoms with E-state index in [1.807, 2.05) is 0 Å². The molecule has 0 aliphatic rings. The molecule has 0 saturated carbocycles. The highest BCUT2D eigenvalue weighted by molar-refractivity contribution is 7.93. The Bertz CT molecular complexity index is 1400. The standard InChI is InChI=1S/C21H18ClFN2O5S2/c1-4-14-11-21(30-19(14)5-2)32(28,29)25-18-12-15(22)7-9-17(18)24-31(26,27)20-10-13(3)6-8-16(20)23/h4-12,24-25H,1-2H2,3H3. The van der Waals surface area contributed by atoms with E-state index >= 15 is 0 Å². The number of anilines is 2. The molecule has 1 aromatic heterocycles. The molecule has 11 heteroatoms. The predicted octanol–water partition coefficient (Wildman–Crippen LogP) is 5.27. The Morgan fingerprint density at radius 2 is 1.62 bits per heavy atom. The van der Waals surface area contributed by atoms with Crippen LogP contribution in [0.4, 0.5) is 15.8 Å². The Hall–Kier alpha value is -3.08. The maximum absolute atomic E-state index is 14.2. The van der Waals surface area contributed by atoms with Gasteiger partial charge >= 0.3 is 0 Å². The summed E-state index contributed by atoms with van der Waals surface area (Å²) in [6.07, 6.45) is 2.72. The van der Waals surface area contributed by atoms with Gasteiger partial charge < -0.3 is 4.42 Å². The van der Waals surface area contributed by atoms with Crippen LogP contribution in [0.5, 0.6) is 0 Å². The van der Waals surface area contributed by atoms with E-state index in [1.165, 1.54) is 42.5 Å². The number of furan rings is 1. The molecule has 7 nitrogen and oxygen atoms in total. The van der Waals surface area contributed by atoms with Crippen LogP contribution in [-0.4, -0.2) is 16.8 Å². The monoisotopic (exact) mass is 496 g/mol. The predicted molar refractivity (Wildman–Crippen MR) is 123 cm³/mol. The van der Waals surface area contributed by atoms with E-state index in [0.29, 0.717) is 11.1 Å². The maximum Gasteiger partial charge on any atom is 0.295 e. The fourth-order valence-electron chi connectivity index (χ4n) is 2.75. The van der Waals surface area contributed by atoms with Crippen molar-refractivity contribution in [2.45, 2.75) is 16.9 Å². The molecule has 0 aliphatic carbocycles. The number of benzene rings is 2. The quantitative estimate of drug-likeness (QED) is 0.442. The fourth-order valence-corrected chi connectivity index (χ4v) is 5.20. The van der Waals surface area contributed by atoms with E-state index < -0.39 is 35.9 Å². The maximum atomic E-state index is 14.2. The highest BCUT2D eigenvalue weighted by Gasteiger charge is 2.25. The highest BCUT2D eigenvalue weighted by atomic mass is 35.5. The van der Waals surface area contributed by atoms with E-state index in [9.17, 15) is 21.2 Å². The summed E-state index contributed by atoms with van der Waals surface area (Å²) in [5, 5.41) is -0.314. The van der Waals surface area contributed by atoms with Crippen LogP contribution in [-0.2, 0) is 20.0 Å². The van der Waals surface area contributed by atoms with Gasteiger partial charge in [-0.1, -0.05) is 36.9 Å². The average molecular weight is 497 g/mol. The Balaban J connectivity index is 2.02. The smallest absolute Gasteiger partial charge is 0.295 e. The summed E-state index contributed by atoms with van der Waals surface area (Å²) in [6, 6.07) is 8.65. The SMILES string of the molecule is C=Cc1cc(S(=O)(=O)Nc2cc(Cl)ccc2NS(=O)(=O)c2cc(C)ccc2F)oc1C=C. The third-order valence-electron chi connectivity index (χ3n) is 4.29. The first-order chi connectivity index (χ1) is 15.0. The lowest BCUT2D eigenvalue weighted by Crippen LogP contribution is -2.18. The number of sulfonamides is 2. The zero-order valence-corrected chi connectivity index (χ0v) is 19.1. The first kappa shape index (κ1) is 23.6. The van der Waals surface area contributed by atoms with Crippen molar-refractivity contribution in [2.75, 3.05) is 9.44 Å². The molecular formula is C21H18ClFN2O5S2. The fraction of sp³-hybridized carbons (Fsp3) is 0.0476. The van der Waals surface area contributed by atoms with Crippen molar-refractivity contribution < 1.29 is 25.6 Å². The van der Waals surface area contributed by atoms with Crippen molar-refractivity contribution in [2.24, 2.45) is 0 Å². The summed E-state index contributed by atoms with van der Waals surface area (Å²) in [5.41, 5.74) is 0.573. The molecule has 0 unspecified atom stereocenters. The largest absolute Gasteiger partial charge is 0.443 e. The van der Waals surface area contributed by atoms with Crippen molar-refractivity contribution in [1.29, 1.82) is 0 Å². The summed E-state index contributed by atoms with van der Waals surface area (Å²) >= 11 is 5.98. The van der Waals surface area contributed by atoms with Gasteiger partial charge in [0.05, 0.1) is 11.4 Å². The number of hydrogen-bond acceptors (Lipinski definition) is 5. The Morgan fingerprint density at radius 1 is 0.938 bits per heavy atom. The average Bonchev–Trinajstić information content (AvgIpc) is 3.16. The van der Waals surface area contributed by atoms with E-state index in [4.69, 9.17) is 16.0 Å². The van der Waals surface area contributed by atoms with Crippen molar-refractivity contribution in [3.63, 3.8) is 0 Å². The van der Waals surface area contributed by atoms with E-state index in [2.05, 4.69) is 22.6 Å². The lowest BCUT2D eigenvalue weighted by atomic mass is 10.2. The second kappa shape index (κ2) is 8.81. The molecule has 0 bridgehead atoms. The van der Waals surface area contributed by atoms with Gasteiger partial charge in [-0.15, -0.1) is 0 Å². The molecule has 0 atom stereocenters. The van der Waals surface area contributed by atoms with Gasteiger partial charge in [0.1, 0.15) is 16.5 Å². The third-order valence-corrected chi connectivity index (χ3v) is 7.12. The molecule has 2 N–H and O–H groups in total. The molecule has 0 fully saturated rings. The second-order valence-corrected chi connectivity index (χ2v) is 10.3. The van der Waals surface area contributed by atoms with Crippen LogP contribution < -0.4 is 9.44 Å². The number of rotatable bonds is 8. The summed E-state index contributed by atoms with van der Waals surface area (Å²) in [4.78, 5) is -0.585. The van der Waals surface area contributed by atoms with Crippen molar-refractivity contribution in [1.82, 2.24) is 0 Å². The van der Waals surface area contributed by atoms with Gasteiger partial charge in [0.2, 0.25) is 5.09 Å². The molecule has 32 heavy (non-hydrogen) atoms. The van der Waals surface area contributed by atoms with E-state index in [0.717, 1.165) is 12.1 Å². The molecule has 0 saturated heterocycles. The van der Waals surface area contributed by atoms with E-state index in [-0.39, 0.29) is 22.2 Å². The molecule has 168 valence electrons. The van der Waals surface area contributed by atoms with Crippen LogP contribution in [0.25, 0.3) is 12.2 Å².